The quantitative estimate of drug-likeness (QED) is 0.936. The molecule has 0 amide bonds. The molecule has 0 fully saturated rings. The number of rotatable bonds is 3. The first-order valence-electron chi connectivity index (χ1n) is 6.99. The van der Waals surface area contributed by atoms with Gasteiger partial charge in [0.2, 0.25) is 0 Å². The van der Waals surface area contributed by atoms with Gasteiger partial charge in [0.25, 0.3) is 0 Å². The Morgan fingerprint density at radius 1 is 1.33 bits per heavy atom. The van der Waals surface area contributed by atoms with E-state index in [4.69, 9.17) is 0 Å². The molecule has 3 rings (SSSR count). The number of anilines is 1. The SMILES string of the molecule is CSCc1nn(-c2ccc(F)cc2F)c2c1CCCCN2. The van der Waals surface area contributed by atoms with Crippen LogP contribution in [0.5, 0.6) is 0 Å². The van der Waals surface area contributed by atoms with E-state index in [1.807, 2.05) is 6.26 Å². The van der Waals surface area contributed by atoms with Gasteiger partial charge in [0.15, 0.2) is 5.82 Å². The second-order valence-corrected chi connectivity index (χ2v) is 5.96. The monoisotopic (exact) mass is 309 g/mol. The molecule has 1 aliphatic rings. The second kappa shape index (κ2) is 6.05. The number of nitrogens with zero attached hydrogens (tertiary/aromatic N) is 2. The third-order valence-corrected chi connectivity index (χ3v) is 4.19. The minimum Gasteiger partial charge on any atom is -0.370 e. The number of nitrogens with one attached hydrogen (secondary N) is 1. The van der Waals surface area contributed by atoms with Crippen LogP contribution in [0.25, 0.3) is 5.69 Å². The van der Waals surface area contributed by atoms with Crippen LogP contribution in [0.3, 0.4) is 0 Å². The van der Waals surface area contributed by atoms with Crippen molar-refractivity contribution in [3.05, 3.63) is 41.1 Å². The second-order valence-electron chi connectivity index (χ2n) is 5.10. The van der Waals surface area contributed by atoms with Crippen LogP contribution < -0.4 is 5.32 Å². The Morgan fingerprint density at radius 2 is 2.19 bits per heavy atom. The fraction of sp³-hybridized carbons (Fsp3) is 0.400. The Morgan fingerprint density at radius 3 is 2.95 bits per heavy atom. The third kappa shape index (κ3) is 2.77. The summed E-state index contributed by atoms with van der Waals surface area (Å²) in [6, 6.07) is 3.60. The lowest BCUT2D eigenvalue weighted by molar-refractivity contribution is 0.573. The van der Waals surface area contributed by atoms with Crippen molar-refractivity contribution in [3.8, 4) is 5.69 Å². The van der Waals surface area contributed by atoms with Crippen molar-refractivity contribution in [2.24, 2.45) is 0 Å². The summed E-state index contributed by atoms with van der Waals surface area (Å²) in [7, 11) is 0. The molecular weight excluding hydrogens is 292 g/mol. The van der Waals surface area contributed by atoms with Gasteiger partial charge in [0.05, 0.1) is 5.69 Å². The number of halogens is 2. The predicted octanol–water partition coefficient (Wildman–Crippen LogP) is 3.76. The highest BCUT2D eigenvalue weighted by molar-refractivity contribution is 7.97. The minimum atomic E-state index is -0.595. The lowest BCUT2D eigenvalue weighted by atomic mass is 10.1. The van der Waals surface area contributed by atoms with Crippen LogP contribution in [0.4, 0.5) is 14.6 Å². The van der Waals surface area contributed by atoms with Crippen molar-refractivity contribution in [3.63, 3.8) is 0 Å². The topological polar surface area (TPSA) is 29.9 Å². The lowest BCUT2D eigenvalue weighted by Crippen LogP contribution is -2.08. The highest BCUT2D eigenvalue weighted by Gasteiger charge is 2.21. The fourth-order valence-corrected chi connectivity index (χ4v) is 3.16. The summed E-state index contributed by atoms with van der Waals surface area (Å²) in [6.45, 7) is 0.847. The zero-order chi connectivity index (χ0) is 14.8. The summed E-state index contributed by atoms with van der Waals surface area (Å²) >= 11 is 1.69. The first-order valence-corrected chi connectivity index (χ1v) is 8.39. The molecule has 0 saturated carbocycles. The molecule has 0 aliphatic carbocycles. The summed E-state index contributed by atoms with van der Waals surface area (Å²) in [5.74, 6) is 0.468. The van der Waals surface area contributed by atoms with Gasteiger partial charge in [-0.25, -0.2) is 13.5 Å². The molecule has 0 unspecified atom stereocenters. The van der Waals surface area contributed by atoms with E-state index in [1.54, 1.807) is 16.4 Å². The van der Waals surface area contributed by atoms with Gasteiger partial charge >= 0.3 is 0 Å². The number of benzene rings is 1. The van der Waals surface area contributed by atoms with Crippen molar-refractivity contribution < 1.29 is 8.78 Å². The molecule has 6 heteroatoms. The Balaban J connectivity index is 2.13. The average Bonchev–Trinajstić information content (AvgIpc) is 2.64. The Kier molecular flexibility index (Phi) is 4.14. The first kappa shape index (κ1) is 14.4. The van der Waals surface area contributed by atoms with Gasteiger partial charge in [-0.3, -0.25) is 0 Å². The molecule has 1 aromatic carbocycles. The van der Waals surface area contributed by atoms with E-state index in [9.17, 15) is 8.78 Å². The van der Waals surface area contributed by atoms with Crippen LogP contribution in [0, 0.1) is 11.6 Å². The Bertz CT molecular complexity index is 655. The van der Waals surface area contributed by atoms with E-state index < -0.39 is 11.6 Å². The first-order chi connectivity index (χ1) is 10.2. The minimum absolute atomic E-state index is 0.286. The zero-order valence-electron chi connectivity index (χ0n) is 11.8. The molecule has 2 heterocycles. The largest absolute Gasteiger partial charge is 0.370 e. The Hall–Kier alpha value is -1.56. The van der Waals surface area contributed by atoms with Gasteiger partial charge in [0.1, 0.15) is 17.3 Å². The van der Waals surface area contributed by atoms with Crippen molar-refractivity contribution in [1.29, 1.82) is 0 Å². The van der Waals surface area contributed by atoms with E-state index in [2.05, 4.69) is 10.4 Å². The molecule has 0 saturated heterocycles. The molecule has 0 bridgehead atoms. The van der Waals surface area contributed by atoms with E-state index in [1.165, 1.54) is 12.1 Å². The Labute approximate surface area is 126 Å². The molecular formula is C15H17F2N3S. The van der Waals surface area contributed by atoms with E-state index in [0.717, 1.165) is 54.7 Å². The number of hydrogen-bond acceptors (Lipinski definition) is 3. The maximum absolute atomic E-state index is 14.1. The molecule has 1 aliphatic heterocycles. The highest BCUT2D eigenvalue weighted by atomic mass is 32.2. The van der Waals surface area contributed by atoms with Crippen LogP contribution in [0.15, 0.2) is 18.2 Å². The molecule has 0 radical (unpaired) electrons. The predicted molar refractivity (Wildman–Crippen MR) is 82.1 cm³/mol. The van der Waals surface area contributed by atoms with Crippen molar-refractivity contribution in [2.75, 3.05) is 18.1 Å². The molecule has 1 N–H and O–H groups in total. The molecule has 3 nitrogen and oxygen atoms in total. The maximum atomic E-state index is 14.1. The number of fused-ring (bicyclic) bond motifs is 1. The third-order valence-electron chi connectivity index (χ3n) is 3.63. The van der Waals surface area contributed by atoms with Gasteiger partial charge < -0.3 is 5.32 Å². The van der Waals surface area contributed by atoms with Crippen LogP contribution in [-0.4, -0.2) is 22.6 Å². The number of thioether (sulfide) groups is 1. The van der Waals surface area contributed by atoms with Gasteiger partial charge in [0, 0.05) is 23.9 Å². The highest BCUT2D eigenvalue weighted by Crippen LogP contribution is 2.30. The fourth-order valence-electron chi connectivity index (χ4n) is 2.65. The van der Waals surface area contributed by atoms with E-state index in [-0.39, 0.29) is 5.69 Å². The molecule has 2 aromatic rings. The summed E-state index contributed by atoms with van der Waals surface area (Å²) in [5, 5.41) is 7.90. The molecule has 112 valence electrons. The normalized spacial score (nSPS) is 14.4. The van der Waals surface area contributed by atoms with Crippen molar-refractivity contribution in [2.45, 2.75) is 25.0 Å². The van der Waals surface area contributed by atoms with Crippen molar-refractivity contribution >= 4 is 17.6 Å². The van der Waals surface area contributed by atoms with E-state index >= 15 is 0 Å². The molecule has 0 atom stereocenters. The van der Waals surface area contributed by atoms with E-state index in [0.29, 0.717) is 0 Å². The molecule has 1 aromatic heterocycles. The van der Waals surface area contributed by atoms with Gasteiger partial charge in [-0.05, 0) is 37.7 Å². The van der Waals surface area contributed by atoms with Crippen LogP contribution in [0.1, 0.15) is 24.1 Å². The standard InChI is InChI=1S/C15H17F2N3S/c1-21-9-13-11-4-2-3-7-18-15(11)20(19-13)14-6-5-10(16)8-12(14)17/h5-6,8,18H,2-4,7,9H2,1H3. The van der Waals surface area contributed by atoms with Gasteiger partial charge in [-0.15, -0.1) is 0 Å². The number of aromatic nitrogens is 2. The van der Waals surface area contributed by atoms with Crippen LogP contribution in [0.2, 0.25) is 0 Å². The van der Waals surface area contributed by atoms with Crippen LogP contribution in [-0.2, 0) is 12.2 Å². The summed E-state index contributed by atoms with van der Waals surface area (Å²) < 4.78 is 28.8. The molecule has 0 spiro atoms. The maximum Gasteiger partial charge on any atom is 0.151 e. The smallest absolute Gasteiger partial charge is 0.151 e. The summed E-state index contributed by atoms with van der Waals surface area (Å²) in [5.41, 5.74) is 2.43. The van der Waals surface area contributed by atoms with Crippen molar-refractivity contribution in [1.82, 2.24) is 9.78 Å². The zero-order valence-corrected chi connectivity index (χ0v) is 12.6. The lowest BCUT2D eigenvalue weighted by Gasteiger charge is -2.10. The average molecular weight is 309 g/mol. The van der Waals surface area contributed by atoms with Gasteiger partial charge in [-0.1, -0.05) is 0 Å². The number of hydrogen-bond donors (Lipinski definition) is 1. The van der Waals surface area contributed by atoms with Gasteiger partial charge in [-0.2, -0.15) is 16.9 Å². The summed E-state index contributed by atoms with van der Waals surface area (Å²) in [6.07, 6.45) is 5.15. The molecule has 21 heavy (non-hydrogen) atoms. The summed E-state index contributed by atoms with van der Waals surface area (Å²) in [4.78, 5) is 0. The van der Waals surface area contributed by atoms with Crippen LogP contribution >= 0.6 is 11.8 Å².